The molecule has 1 aromatic heterocycles. The molecular formula is C9H14N2O3S. The first-order valence-electron chi connectivity index (χ1n) is 4.46. The van der Waals surface area contributed by atoms with Crippen LogP contribution in [-0.4, -0.2) is 37.5 Å². The number of thiophene rings is 1. The predicted octanol–water partition coefficient (Wildman–Crippen LogP) is 0.877. The highest BCUT2D eigenvalue weighted by Gasteiger charge is 2.06. The lowest BCUT2D eigenvalue weighted by molar-refractivity contribution is 0.0663. The van der Waals surface area contributed by atoms with Crippen LogP contribution in [-0.2, 0) is 4.74 Å². The zero-order valence-electron chi connectivity index (χ0n) is 8.40. The van der Waals surface area contributed by atoms with Gasteiger partial charge in [0.2, 0.25) is 0 Å². The molecular weight excluding hydrogens is 216 g/mol. The molecule has 6 heteroatoms. The minimum atomic E-state index is -0.678. The van der Waals surface area contributed by atoms with E-state index in [0.29, 0.717) is 0 Å². The van der Waals surface area contributed by atoms with E-state index in [2.05, 4.69) is 10.6 Å². The van der Waals surface area contributed by atoms with Gasteiger partial charge in [-0.05, 0) is 11.4 Å². The van der Waals surface area contributed by atoms with E-state index in [1.165, 1.54) is 18.4 Å². The number of aliphatic hydroxyl groups is 1. The van der Waals surface area contributed by atoms with Crippen molar-refractivity contribution in [1.82, 2.24) is 5.32 Å². The molecule has 0 aromatic carbocycles. The second-order valence-corrected chi connectivity index (χ2v) is 3.74. The fraction of sp³-hybridized carbons (Fsp3) is 0.444. The van der Waals surface area contributed by atoms with Crippen molar-refractivity contribution in [3.05, 3.63) is 16.8 Å². The Morgan fingerprint density at radius 1 is 1.73 bits per heavy atom. The minimum Gasteiger partial charge on any atom is -0.389 e. The van der Waals surface area contributed by atoms with Gasteiger partial charge in [-0.15, -0.1) is 0 Å². The lowest BCUT2D eigenvalue weighted by atomic mass is 10.4. The highest BCUT2D eigenvalue weighted by molar-refractivity contribution is 7.08. The third-order valence-corrected chi connectivity index (χ3v) is 2.32. The van der Waals surface area contributed by atoms with Crippen LogP contribution in [0.2, 0.25) is 0 Å². The zero-order valence-corrected chi connectivity index (χ0v) is 9.21. The van der Waals surface area contributed by atoms with Gasteiger partial charge in [0, 0.05) is 19.0 Å². The number of hydrogen-bond acceptors (Lipinski definition) is 4. The van der Waals surface area contributed by atoms with E-state index in [1.807, 2.05) is 10.8 Å². The Kier molecular flexibility index (Phi) is 5.09. The maximum Gasteiger partial charge on any atom is 0.319 e. The Bertz CT molecular complexity index is 290. The fourth-order valence-corrected chi connectivity index (χ4v) is 1.56. The number of ether oxygens (including phenoxy) is 1. The van der Waals surface area contributed by atoms with E-state index in [4.69, 9.17) is 4.74 Å². The monoisotopic (exact) mass is 230 g/mol. The zero-order chi connectivity index (χ0) is 11.1. The molecule has 0 aliphatic rings. The van der Waals surface area contributed by atoms with Crippen molar-refractivity contribution in [3.63, 3.8) is 0 Å². The highest BCUT2D eigenvalue weighted by Crippen LogP contribution is 2.10. The van der Waals surface area contributed by atoms with Gasteiger partial charge in [-0.25, -0.2) is 4.79 Å². The van der Waals surface area contributed by atoms with Crippen LogP contribution in [0.4, 0.5) is 10.5 Å². The van der Waals surface area contributed by atoms with Gasteiger partial charge in [-0.2, -0.15) is 11.3 Å². The number of amides is 2. The third kappa shape index (κ3) is 4.78. The summed E-state index contributed by atoms with van der Waals surface area (Å²) in [6.45, 7) is 0.378. The van der Waals surface area contributed by atoms with Crippen LogP contribution >= 0.6 is 11.3 Å². The summed E-state index contributed by atoms with van der Waals surface area (Å²) in [4.78, 5) is 11.2. The Balaban J connectivity index is 2.19. The SMILES string of the molecule is COCC(O)CNC(=O)Nc1ccsc1. The number of methoxy groups -OCH3 is 1. The van der Waals surface area contributed by atoms with Crippen molar-refractivity contribution >= 4 is 23.1 Å². The number of nitrogens with one attached hydrogen (secondary N) is 2. The molecule has 0 spiro atoms. The lowest BCUT2D eigenvalue weighted by Crippen LogP contribution is -2.36. The number of anilines is 1. The molecule has 1 heterocycles. The van der Waals surface area contributed by atoms with Gasteiger partial charge >= 0.3 is 6.03 Å². The van der Waals surface area contributed by atoms with Crippen LogP contribution in [0.5, 0.6) is 0 Å². The van der Waals surface area contributed by atoms with Crippen molar-refractivity contribution in [1.29, 1.82) is 0 Å². The van der Waals surface area contributed by atoms with E-state index >= 15 is 0 Å². The summed E-state index contributed by atoms with van der Waals surface area (Å²) in [6.07, 6.45) is -0.678. The number of urea groups is 1. The number of rotatable bonds is 5. The molecule has 1 atom stereocenters. The van der Waals surface area contributed by atoms with Gasteiger partial charge in [0.1, 0.15) is 0 Å². The summed E-state index contributed by atoms with van der Waals surface area (Å²) >= 11 is 1.50. The van der Waals surface area contributed by atoms with Gasteiger partial charge in [-0.1, -0.05) is 0 Å². The average molecular weight is 230 g/mol. The second kappa shape index (κ2) is 6.39. The van der Waals surface area contributed by atoms with Crippen molar-refractivity contribution < 1.29 is 14.6 Å². The molecule has 0 bridgehead atoms. The van der Waals surface area contributed by atoms with Gasteiger partial charge < -0.3 is 20.5 Å². The van der Waals surface area contributed by atoms with Crippen molar-refractivity contribution in [3.8, 4) is 0 Å². The molecule has 0 aliphatic heterocycles. The molecule has 15 heavy (non-hydrogen) atoms. The largest absolute Gasteiger partial charge is 0.389 e. The van der Waals surface area contributed by atoms with E-state index in [9.17, 15) is 9.90 Å². The first-order chi connectivity index (χ1) is 7.22. The van der Waals surface area contributed by atoms with Gasteiger partial charge in [0.25, 0.3) is 0 Å². The molecule has 1 rings (SSSR count). The minimum absolute atomic E-state index is 0.170. The second-order valence-electron chi connectivity index (χ2n) is 2.96. The lowest BCUT2D eigenvalue weighted by Gasteiger charge is -2.10. The Hall–Kier alpha value is -1.11. The summed E-state index contributed by atoms with van der Waals surface area (Å²) < 4.78 is 4.72. The van der Waals surface area contributed by atoms with Crippen LogP contribution in [0, 0.1) is 0 Å². The van der Waals surface area contributed by atoms with Crippen molar-refractivity contribution in [2.75, 3.05) is 25.6 Å². The van der Waals surface area contributed by atoms with Gasteiger partial charge in [0.05, 0.1) is 18.4 Å². The van der Waals surface area contributed by atoms with Crippen LogP contribution in [0.15, 0.2) is 16.8 Å². The number of carbonyl (C=O) groups is 1. The molecule has 2 amide bonds. The summed E-state index contributed by atoms with van der Waals surface area (Å²) in [5.41, 5.74) is 0.749. The molecule has 84 valence electrons. The van der Waals surface area contributed by atoms with Crippen LogP contribution in [0.3, 0.4) is 0 Å². The topological polar surface area (TPSA) is 70.6 Å². The maximum absolute atomic E-state index is 11.2. The maximum atomic E-state index is 11.2. The van der Waals surface area contributed by atoms with Gasteiger partial charge in [0.15, 0.2) is 0 Å². The highest BCUT2D eigenvalue weighted by atomic mass is 32.1. The summed E-state index contributed by atoms with van der Waals surface area (Å²) in [7, 11) is 1.49. The number of hydrogen-bond donors (Lipinski definition) is 3. The van der Waals surface area contributed by atoms with E-state index in [-0.39, 0.29) is 19.2 Å². The molecule has 0 saturated heterocycles. The van der Waals surface area contributed by atoms with Crippen molar-refractivity contribution in [2.24, 2.45) is 0 Å². The smallest absolute Gasteiger partial charge is 0.319 e. The van der Waals surface area contributed by atoms with Crippen LogP contribution in [0.25, 0.3) is 0 Å². The van der Waals surface area contributed by atoms with E-state index in [0.717, 1.165) is 5.69 Å². The molecule has 3 N–H and O–H groups in total. The Labute approximate surface area is 92.1 Å². The van der Waals surface area contributed by atoms with Gasteiger partial charge in [-0.3, -0.25) is 0 Å². The summed E-state index contributed by atoms with van der Waals surface area (Å²) in [6, 6.07) is 1.47. The predicted molar refractivity (Wildman–Crippen MR) is 59.2 cm³/mol. The van der Waals surface area contributed by atoms with E-state index < -0.39 is 6.10 Å². The number of aliphatic hydroxyl groups excluding tert-OH is 1. The summed E-state index contributed by atoms with van der Waals surface area (Å²) in [5.74, 6) is 0. The molecule has 0 saturated carbocycles. The molecule has 0 aliphatic carbocycles. The molecule has 5 nitrogen and oxygen atoms in total. The standard InChI is InChI=1S/C9H14N2O3S/c1-14-5-8(12)4-10-9(13)11-7-2-3-15-6-7/h2-3,6,8,12H,4-5H2,1H3,(H2,10,11,13). The first-order valence-corrected chi connectivity index (χ1v) is 5.40. The normalized spacial score (nSPS) is 12.1. The fourth-order valence-electron chi connectivity index (χ4n) is 0.973. The molecule has 0 fully saturated rings. The number of carbonyl (C=O) groups excluding carboxylic acids is 1. The molecule has 0 radical (unpaired) electrons. The van der Waals surface area contributed by atoms with E-state index in [1.54, 1.807) is 6.07 Å². The quantitative estimate of drug-likeness (QED) is 0.703. The average Bonchev–Trinajstić information content (AvgIpc) is 2.68. The Morgan fingerprint density at radius 3 is 3.13 bits per heavy atom. The van der Waals surface area contributed by atoms with Crippen molar-refractivity contribution in [2.45, 2.75) is 6.10 Å². The molecule has 1 aromatic rings. The van der Waals surface area contributed by atoms with Crippen LogP contribution in [0.1, 0.15) is 0 Å². The summed E-state index contributed by atoms with van der Waals surface area (Å²) in [5, 5.41) is 18.1. The molecule has 1 unspecified atom stereocenters. The Morgan fingerprint density at radius 2 is 2.53 bits per heavy atom. The first kappa shape index (κ1) is 12.0. The van der Waals surface area contributed by atoms with Crippen LogP contribution < -0.4 is 10.6 Å². The third-order valence-electron chi connectivity index (χ3n) is 1.64.